The van der Waals surface area contributed by atoms with Crippen molar-refractivity contribution in [1.29, 1.82) is 0 Å². The van der Waals surface area contributed by atoms with Crippen molar-refractivity contribution in [1.82, 2.24) is 0 Å². The van der Waals surface area contributed by atoms with Crippen LogP contribution in [0.2, 0.25) is 0 Å². The van der Waals surface area contributed by atoms with Crippen LogP contribution in [0.5, 0.6) is 0 Å². The first-order valence-corrected chi connectivity index (χ1v) is 12.5. The second-order valence-corrected chi connectivity index (χ2v) is 9.52. The third-order valence-corrected chi connectivity index (χ3v) is 7.26. The van der Waals surface area contributed by atoms with Gasteiger partial charge in [-0.3, -0.25) is 0 Å². The maximum Gasteiger partial charge on any atom is 0.166 e. The third-order valence-electron chi connectivity index (χ3n) is 7.26. The van der Waals surface area contributed by atoms with Crippen LogP contribution in [-0.2, 0) is 6.42 Å². The Hall–Kier alpha value is -2.81. The molecular formula is C31H33F3. The summed E-state index contributed by atoms with van der Waals surface area (Å²) in [5.41, 5.74) is 3.81. The van der Waals surface area contributed by atoms with Gasteiger partial charge in [-0.2, -0.15) is 0 Å². The minimum atomic E-state index is -0.771. The van der Waals surface area contributed by atoms with Crippen LogP contribution in [-0.4, -0.2) is 0 Å². The molecule has 1 fully saturated rings. The Bertz CT molecular complexity index is 1140. The highest BCUT2D eigenvalue weighted by Crippen LogP contribution is 2.39. The summed E-state index contributed by atoms with van der Waals surface area (Å²) in [6.45, 7) is 4.27. The lowest BCUT2D eigenvalue weighted by Gasteiger charge is -2.28. The van der Waals surface area contributed by atoms with Crippen molar-refractivity contribution in [2.24, 2.45) is 5.92 Å². The summed E-state index contributed by atoms with van der Waals surface area (Å²) in [4.78, 5) is 0. The van der Waals surface area contributed by atoms with Gasteiger partial charge in [0.15, 0.2) is 11.6 Å². The molecule has 0 heterocycles. The molecule has 34 heavy (non-hydrogen) atoms. The van der Waals surface area contributed by atoms with Gasteiger partial charge in [0.05, 0.1) is 0 Å². The second-order valence-electron chi connectivity index (χ2n) is 9.52. The Kier molecular flexibility index (Phi) is 7.92. The van der Waals surface area contributed by atoms with E-state index in [1.165, 1.54) is 0 Å². The second kappa shape index (κ2) is 11.1. The zero-order valence-electron chi connectivity index (χ0n) is 20.1. The van der Waals surface area contributed by atoms with E-state index in [9.17, 15) is 8.78 Å². The summed E-state index contributed by atoms with van der Waals surface area (Å²) in [5.74, 6) is -0.890. The molecule has 0 saturated heterocycles. The molecule has 0 spiro atoms. The van der Waals surface area contributed by atoms with E-state index >= 15 is 4.39 Å². The number of halogens is 3. The fourth-order valence-corrected chi connectivity index (χ4v) is 5.09. The summed E-state index contributed by atoms with van der Waals surface area (Å²) in [7, 11) is 0. The van der Waals surface area contributed by atoms with Gasteiger partial charge in [-0.05, 0) is 72.3 Å². The molecule has 0 radical (unpaired) electrons. The molecule has 1 aliphatic rings. The van der Waals surface area contributed by atoms with Crippen LogP contribution < -0.4 is 0 Å². The lowest BCUT2D eigenvalue weighted by atomic mass is 9.77. The summed E-state index contributed by atoms with van der Waals surface area (Å²) in [6.07, 6.45) is 10.6. The largest absolute Gasteiger partial charge is 0.206 e. The molecule has 0 nitrogen and oxygen atoms in total. The van der Waals surface area contributed by atoms with Crippen LogP contribution in [0.3, 0.4) is 0 Å². The average molecular weight is 463 g/mol. The highest BCUT2D eigenvalue weighted by Gasteiger charge is 2.25. The van der Waals surface area contributed by atoms with Crippen molar-refractivity contribution in [2.45, 2.75) is 64.7 Å². The lowest BCUT2D eigenvalue weighted by molar-refractivity contribution is 0.312. The molecular weight excluding hydrogens is 429 g/mol. The molecule has 0 atom stereocenters. The molecule has 0 aromatic heterocycles. The highest BCUT2D eigenvalue weighted by molar-refractivity contribution is 5.72. The minimum Gasteiger partial charge on any atom is -0.206 e. The molecule has 0 N–H and O–H groups in total. The topological polar surface area (TPSA) is 0 Å². The van der Waals surface area contributed by atoms with Crippen molar-refractivity contribution in [3.05, 3.63) is 94.3 Å². The van der Waals surface area contributed by atoms with E-state index in [1.807, 2.05) is 24.3 Å². The molecule has 178 valence electrons. The molecule has 1 aliphatic carbocycles. The van der Waals surface area contributed by atoms with E-state index in [1.54, 1.807) is 42.5 Å². The monoisotopic (exact) mass is 462 g/mol. The molecule has 0 aliphatic heterocycles. The van der Waals surface area contributed by atoms with E-state index in [0.29, 0.717) is 22.6 Å². The minimum absolute atomic E-state index is 0.107. The van der Waals surface area contributed by atoms with Gasteiger partial charge in [0, 0.05) is 11.1 Å². The Balaban J connectivity index is 1.48. The molecule has 3 aromatic carbocycles. The number of benzene rings is 3. The number of aryl methyl sites for hydroxylation is 1. The normalized spacial score (nSPS) is 18.5. The first-order valence-electron chi connectivity index (χ1n) is 12.5. The first-order chi connectivity index (χ1) is 16.5. The smallest absolute Gasteiger partial charge is 0.166 e. The van der Waals surface area contributed by atoms with Crippen LogP contribution >= 0.6 is 0 Å². The molecule has 0 amide bonds. The number of rotatable bonds is 7. The molecule has 3 aromatic rings. The average Bonchev–Trinajstić information content (AvgIpc) is 2.86. The maximum absolute atomic E-state index is 15.0. The van der Waals surface area contributed by atoms with Gasteiger partial charge in [0.25, 0.3) is 0 Å². The van der Waals surface area contributed by atoms with E-state index < -0.39 is 11.6 Å². The summed E-state index contributed by atoms with van der Waals surface area (Å²) < 4.78 is 44.3. The zero-order chi connectivity index (χ0) is 24.1. The molecule has 0 bridgehead atoms. The molecule has 1 saturated carbocycles. The van der Waals surface area contributed by atoms with Gasteiger partial charge in [0.2, 0.25) is 0 Å². The van der Waals surface area contributed by atoms with E-state index in [0.717, 1.165) is 56.1 Å². The Morgan fingerprint density at radius 1 is 0.794 bits per heavy atom. The van der Waals surface area contributed by atoms with Crippen LogP contribution in [0.1, 0.15) is 80.5 Å². The van der Waals surface area contributed by atoms with Gasteiger partial charge >= 0.3 is 0 Å². The number of hydrogen-bond acceptors (Lipinski definition) is 0. The standard InChI is InChI=1S/C31H33F3/c1-3-5-23-11-17-26(29(32)20-23)16-10-22-8-14-25(15-9-22)28-19-18-27(30(33)31(28)34)24-12-6-21(4-2)7-13-24/h8-11,14-21,24H,3-7,12-13H2,1-2H3. The summed E-state index contributed by atoms with van der Waals surface area (Å²) in [5, 5.41) is 0. The lowest BCUT2D eigenvalue weighted by Crippen LogP contribution is -2.14. The van der Waals surface area contributed by atoms with Crippen molar-refractivity contribution >= 4 is 12.2 Å². The summed E-state index contributed by atoms with van der Waals surface area (Å²) in [6, 6.07) is 16.0. The number of hydrogen-bond donors (Lipinski definition) is 0. The Morgan fingerprint density at radius 3 is 2.18 bits per heavy atom. The quantitative estimate of drug-likeness (QED) is 0.307. The van der Waals surface area contributed by atoms with Crippen LogP contribution in [0.15, 0.2) is 54.6 Å². The Labute approximate surface area is 201 Å². The van der Waals surface area contributed by atoms with E-state index in [4.69, 9.17) is 0 Å². The van der Waals surface area contributed by atoms with Crippen molar-refractivity contribution < 1.29 is 13.2 Å². The van der Waals surface area contributed by atoms with Gasteiger partial charge in [-0.25, -0.2) is 13.2 Å². The van der Waals surface area contributed by atoms with Gasteiger partial charge in [-0.15, -0.1) is 0 Å². The van der Waals surface area contributed by atoms with Crippen LogP contribution in [0, 0.1) is 23.4 Å². The molecule has 0 unspecified atom stereocenters. The van der Waals surface area contributed by atoms with Gasteiger partial charge < -0.3 is 0 Å². The Morgan fingerprint density at radius 2 is 1.53 bits per heavy atom. The van der Waals surface area contributed by atoms with Crippen molar-refractivity contribution in [3.63, 3.8) is 0 Å². The maximum atomic E-state index is 15.0. The first kappa shape index (κ1) is 24.3. The molecule has 4 rings (SSSR count). The van der Waals surface area contributed by atoms with Crippen LogP contribution in [0.4, 0.5) is 13.2 Å². The summed E-state index contributed by atoms with van der Waals surface area (Å²) >= 11 is 0. The van der Waals surface area contributed by atoms with E-state index in [-0.39, 0.29) is 17.3 Å². The van der Waals surface area contributed by atoms with Crippen molar-refractivity contribution in [2.75, 3.05) is 0 Å². The predicted octanol–water partition coefficient (Wildman–Crippen LogP) is 9.58. The fourth-order valence-electron chi connectivity index (χ4n) is 5.09. The SMILES string of the molecule is CCCc1ccc(C=Cc2ccc(-c3ccc(C4CCC(CC)CC4)c(F)c3F)cc2)c(F)c1. The highest BCUT2D eigenvalue weighted by atomic mass is 19.2. The third kappa shape index (κ3) is 5.46. The zero-order valence-corrected chi connectivity index (χ0v) is 20.1. The fraction of sp³-hybridized carbons (Fsp3) is 0.355. The molecule has 3 heteroatoms. The van der Waals surface area contributed by atoms with Crippen molar-refractivity contribution in [3.8, 4) is 11.1 Å². The van der Waals surface area contributed by atoms with Crippen LogP contribution in [0.25, 0.3) is 23.3 Å². The van der Waals surface area contributed by atoms with Gasteiger partial charge in [-0.1, -0.05) is 87.4 Å². The van der Waals surface area contributed by atoms with Gasteiger partial charge in [0.1, 0.15) is 5.82 Å². The van der Waals surface area contributed by atoms with E-state index in [2.05, 4.69) is 13.8 Å². The predicted molar refractivity (Wildman–Crippen MR) is 136 cm³/mol.